The summed E-state index contributed by atoms with van der Waals surface area (Å²) < 4.78 is 21.6. The van der Waals surface area contributed by atoms with Crippen molar-refractivity contribution in [3.63, 3.8) is 0 Å². The van der Waals surface area contributed by atoms with Gasteiger partial charge >= 0.3 is 0 Å². The van der Waals surface area contributed by atoms with Crippen molar-refractivity contribution in [3.8, 4) is 11.5 Å². The molecule has 0 spiro atoms. The summed E-state index contributed by atoms with van der Waals surface area (Å²) in [4.78, 5) is 0. The normalized spacial score (nSPS) is 10.9. The summed E-state index contributed by atoms with van der Waals surface area (Å²) in [5.41, 5.74) is 0. The van der Waals surface area contributed by atoms with Crippen molar-refractivity contribution < 1.29 is 18.9 Å². The zero-order chi connectivity index (χ0) is 14.5. The summed E-state index contributed by atoms with van der Waals surface area (Å²) in [5.74, 6) is 1.42. The van der Waals surface area contributed by atoms with E-state index in [1.165, 1.54) is 0 Å². The molecule has 0 aliphatic carbocycles. The molecule has 20 heavy (non-hydrogen) atoms. The minimum atomic E-state index is 0.472. The van der Waals surface area contributed by atoms with Crippen molar-refractivity contribution in [1.29, 1.82) is 0 Å². The van der Waals surface area contributed by atoms with Crippen molar-refractivity contribution in [2.45, 2.75) is 13.8 Å². The Morgan fingerprint density at radius 3 is 1.60 bits per heavy atom. The summed E-state index contributed by atoms with van der Waals surface area (Å²) in [6, 6.07) is 7.56. The molecule has 0 aromatic heterocycles. The van der Waals surface area contributed by atoms with Crippen LogP contribution in [0.1, 0.15) is 13.8 Å². The van der Waals surface area contributed by atoms with Crippen LogP contribution in [-0.2, 0) is 9.47 Å². The van der Waals surface area contributed by atoms with Gasteiger partial charge in [-0.1, -0.05) is 24.3 Å². The fourth-order valence-corrected chi connectivity index (χ4v) is 1.42. The van der Waals surface area contributed by atoms with Gasteiger partial charge in [0.2, 0.25) is 0 Å². The summed E-state index contributed by atoms with van der Waals surface area (Å²) in [5, 5.41) is 0. The van der Waals surface area contributed by atoms with Crippen LogP contribution in [-0.4, -0.2) is 26.4 Å². The minimum Gasteiger partial charge on any atom is -0.498 e. The topological polar surface area (TPSA) is 36.9 Å². The van der Waals surface area contributed by atoms with Gasteiger partial charge in [-0.25, -0.2) is 0 Å². The van der Waals surface area contributed by atoms with Gasteiger partial charge in [-0.3, -0.25) is 0 Å². The van der Waals surface area contributed by atoms with Gasteiger partial charge < -0.3 is 18.9 Å². The Bertz CT molecular complexity index is 374. The van der Waals surface area contributed by atoms with Crippen LogP contribution < -0.4 is 9.47 Å². The molecule has 4 nitrogen and oxygen atoms in total. The van der Waals surface area contributed by atoms with Gasteiger partial charge in [0.15, 0.2) is 11.5 Å². The number of ether oxygens (including phenoxy) is 4. The lowest BCUT2D eigenvalue weighted by atomic mass is 10.3. The first-order valence-corrected chi connectivity index (χ1v) is 6.68. The standard InChI is InChI=1S/C16H22O4/c1-3-9-17-11-13-19-15-7-5-6-8-16(15)20-14-12-18-10-4-2/h3-10H,11-14H2,1-2H3. The fourth-order valence-electron chi connectivity index (χ4n) is 1.42. The predicted octanol–water partition coefficient (Wildman–Crippen LogP) is 3.54. The highest BCUT2D eigenvalue weighted by Crippen LogP contribution is 2.26. The number of hydrogen-bond donors (Lipinski definition) is 0. The zero-order valence-electron chi connectivity index (χ0n) is 12.1. The van der Waals surface area contributed by atoms with E-state index in [0.29, 0.717) is 37.9 Å². The van der Waals surface area contributed by atoms with Gasteiger partial charge in [0.1, 0.15) is 26.4 Å². The summed E-state index contributed by atoms with van der Waals surface area (Å²) >= 11 is 0. The quantitative estimate of drug-likeness (QED) is 0.484. The van der Waals surface area contributed by atoms with E-state index in [2.05, 4.69) is 0 Å². The molecule has 0 saturated heterocycles. The van der Waals surface area contributed by atoms with Crippen molar-refractivity contribution in [2.75, 3.05) is 26.4 Å². The van der Waals surface area contributed by atoms with Crippen molar-refractivity contribution in [1.82, 2.24) is 0 Å². The molecule has 0 N–H and O–H groups in total. The van der Waals surface area contributed by atoms with Crippen LogP contribution in [0.3, 0.4) is 0 Å². The molecule has 0 amide bonds. The predicted molar refractivity (Wildman–Crippen MR) is 79.0 cm³/mol. The molecule has 0 aliphatic rings. The van der Waals surface area contributed by atoms with Crippen molar-refractivity contribution >= 4 is 0 Å². The summed E-state index contributed by atoms with van der Waals surface area (Å²) in [6.07, 6.45) is 6.96. The molecule has 0 heterocycles. The Morgan fingerprint density at radius 1 is 0.750 bits per heavy atom. The molecule has 0 radical (unpaired) electrons. The Morgan fingerprint density at radius 2 is 1.20 bits per heavy atom. The van der Waals surface area contributed by atoms with Crippen LogP contribution in [0.4, 0.5) is 0 Å². The maximum atomic E-state index is 5.62. The highest BCUT2D eigenvalue weighted by atomic mass is 16.5. The van der Waals surface area contributed by atoms with Crippen LogP contribution in [0.2, 0.25) is 0 Å². The van der Waals surface area contributed by atoms with E-state index in [1.807, 2.05) is 50.3 Å². The molecule has 1 aromatic rings. The lowest BCUT2D eigenvalue weighted by Crippen LogP contribution is -2.08. The summed E-state index contributed by atoms with van der Waals surface area (Å²) in [7, 11) is 0. The van der Waals surface area contributed by atoms with E-state index in [4.69, 9.17) is 18.9 Å². The Hall–Kier alpha value is -2.10. The van der Waals surface area contributed by atoms with Crippen LogP contribution >= 0.6 is 0 Å². The molecule has 0 unspecified atom stereocenters. The molecule has 0 atom stereocenters. The molecule has 0 bridgehead atoms. The fraction of sp³-hybridized carbons (Fsp3) is 0.375. The smallest absolute Gasteiger partial charge is 0.161 e. The molecule has 110 valence electrons. The number of allylic oxidation sites excluding steroid dienone is 2. The Balaban J connectivity index is 2.34. The highest BCUT2D eigenvalue weighted by molar-refractivity contribution is 5.39. The number of hydrogen-bond acceptors (Lipinski definition) is 4. The third kappa shape index (κ3) is 6.73. The van der Waals surface area contributed by atoms with E-state index in [9.17, 15) is 0 Å². The molecular weight excluding hydrogens is 256 g/mol. The zero-order valence-corrected chi connectivity index (χ0v) is 12.1. The van der Waals surface area contributed by atoms with Crippen LogP contribution in [0.5, 0.6) is 11.5 Å². The number of para-hydroxylation sites is 2. The van der Waals surface area contributed by atoms with Gasteiger partial charge in [-0.2, -0.15) is 0 Å². The lowest BCUT2D eigenvalue weighted by molar-refractivity contribution is 0.160. The number of benzene rings is 1. The molecular formula is C16H22O4. The third-order valence-electron chi connectivity index (χ3n) is 2.23. The first-order valence-electron chi connectivity index (χ1n) is 6.68. The molecule has 1 rings (SSSR count). The highest BCUT2D eigenvalue weighted by Gasteiger charge is 2.03. The van der Waals surface area contributed by atoms with Gasteiger partial charge in [0, 0.05) is 0 Å². The van der Waals surface area contributed by atoms with E-state index in [-0.39, 0.29) is 0 Å². The molecule has 4 heteroatoms. The average molecular weight is 278 g/mol. The van der Waals surface area contributed by atoms with Crippen molar-refractivity contribution in [3.05, 3.63) is 48.9 Å². The summed E-state index contributed by atoms with van der Waals surface area (Å²) in [6.45, 7) is 5.76. The van der Waals surface area contributed by atoms with E-state index < -0.39 is 0 Å². The van der Waals surface area contributed by atoms with Crippen molar-refractivity contribution in [2.24, 2.45) is 0 Å². The maximum absolute atomic E-state index is 5.62. The van der Waals surface area contributed by atoms with E-state index in [1.54, 1.807) is 12.5 Å². The minimum absolute atomic E-state index is 0.472. The van der Waals surface area contributed by atoms with Gasteiger partial charge in [-0.15, -0.1) is 0 Å². The largest absolute Gasteiger partial charge is 0.498 e. The first kappa shape index (κ1) is 16.0. The van der Waals surface area contributed by atoms with E-state index in [0.717, 1.165) is 0 Å². The Labute approximate surface area is 120 Å². The molecule has 0 aliphatic heterocycles. The third-order valence-corrected chi connectivity index (χ3v) is 2.23. The second-order valence-electron chi connectivity index (χ2n) is 3.82. The van der Waals surface area contributed by atoms with Gasteiger partial charge in [-0.05, 0) is 26.0 Å². The Kier molecular flexibility index (Phi) is 8.61. The molecule has 1 aromatic carbocycles. The second kappa shape index (κ2) is 10.8. The van der Waals surface area contributed by atoms with Crippen LogP contribution in [0.25, 0.3) is 0 Å². The van der Waals surface area contributed by atoms with E-state index >= 15 is 0 Å². The second-order valence-corrected chi connectivity index (χ2v) is 3.82. The maximum Gasteiger partial charge on any atom is 0.161 e. The van der Waals surface area contributed by atoms with Gasteiger partial charge in [0.05, 0.1) is 12.5 Å². The lowest BCUT2D eigenvalue weighted by Gasteiger charge is -2.12. The molecule has 0 saturated carbocycles. The SMILES string of the molecule is CC=COCCOc1ccccc1OCCOC=CC. The average Bonchev–Trinajstić information content (AvgIpc) is 2.48. The monoisotopic (exact) mass is 278 g/mol. The molecule has 0 fully saturated rings. The first-order chi connectivity index (χ1) is 9.88. The van der Waals surface area contributed by atoms with Crippen LogP contribution in [0, 0.1) is 0 Å². The number of rotatable bonds is 10. The van der Waals surface area contributed by atoms with Gasteiger partial charge in [0.25, 0.3) is 0 Å². The van der Waals surface area contributed by atoms with Crippen LogP contribution in [0.15, 0.2) is 48.9 Å².